The van der Waals surface area contributed by atoms with E-state index in [0.717, 1.165) is 36.3 Å². The van der Waals surface area contributed by atoms with Gasteiger partial charge in [-0.2, -0.15) is 0 Å². The summed E-state index contributed by atoms with van der Waals surface area (Å²) in [6.45, 7) is 6.96. The van der Waals surface area contributed by atoms with Crippen LogP contribution in [0, 0.1) is 34.5 Å². The summed E-state index contributed by atoms with van der Waals surface area (Å²) in [6, 6.07) is 0. The van der Waals surface area contributed by atoms with Gasteiger partial charge in [-0.15, -0.1) is 0 Å². The molecule has 7 atom stereocenters. The van der Waals surface area contributed by atoms with Crippen LogP contribution in [0.4, 0.5) is 0 Å². The van der Waals surface area contributed by atoms with Gasteiger partial charge in [0, 0.05) is 0 Å². The summed E-state index contributed by atoms with van der Waals surface area (Å²) >= 11 is 0. The quantitative estimate of drug-likeness (QED) is 0.537. The summed E-state index contributed by atoms with van der Waals surface area (Å²) < 4.78 is 0. The second kappa shape index (κ2) is 5.59. The molecule has 0 aromatic heterocycles. The maximum atomic E-state index is 10.3. The molecule has 0 bridgehead atoms. The first-order valence-electron chi connectivity index (χ1n) is 10.00. The summed E-state index contributed by atoms with van der Waals surface area (Å²) in [5, 5.41) is 22.9. The number of fused-ring (bicyclic) bond motifs is 5. The van der Waals surface area contributed by atoms with Gasteiger partial charge < -0.3 is 10.3 Å². The molecule has 2 N–H and O–H groups in total. The molecule has 0 aliphatic heterocycles. The van der Waals surface area contributed by atoms with Gasteiger partial charge >= 0.3 is 0 Å². The van der Waals surface area contributed by atoms with Crippen LogP contribution in [-0.4, -0.2) is 22.1 Å². The molecule has 4 aliphatic carbocycles. The van der Waals surface area contributed by atoms with Crippen molar-refractivity contribution >= 4 is 5.71 Å². The van der Waals surface area contributed by atoms with Gasteiger partial charge in [0.15, 0.2) is 0 Å². The Morgan fingerprint density at radius 2 is 1.88 bits per heavy atom. The van der Waals surface area contributed by atoms with Crippen LogP contribution in [0.1, 0.15) is 72.1 Å². The van der Waals surface area contributed by atoms with Gasteiger partial charge in [0.05, 0.1) is 11.8 Å². The Labute approximate surface area is 146 Å². The topological polar surface area (TPSA) is 52.8 Å². The molecule has 7 unspecified atom stereocenters. The normalized spacial score (nSPS) is 50.7. The fraction of sp³-hybridized carbons (Fsp3) is 0.857. The van der Waals surface area contributed by atoms with Crippen molar-refractivity contribution in [3.05, 3.63) is 11.6 Å². The highest BCUT2D eigenvalue weighted by atomic mass is 16.4. The molecule has 134 valence electrons. The second-order valence-electron chi connectivity index (χ2n) is 9.56. The maximum Gasteiger partial charge on any atom is 0.0795 e. The molecular weight excluding hydrogens is 298 g/mol. The van der Waals surface area contributed by atoms with E-state index in [9.17, 15) is 5.11 Å². The van der Waals surface area contributed by atoms with E-state index in [4.69, 9.17) is 5.21 Å². The van der Waals surface area contributed by atoms with Crippen LogP contribution < -0.4 is 0 Å². The Bertz CT molecular complexity index is 580. The monoisotopic (exact) mass is 331 g/mol. The Morgan fingerprint density at radius 3 is 2.58 bits per heavy atom. The molecule has 4 rings (SSSR count). The van der Waals surface area contributed by atoms with Gasteiger partial charge in [0.25, 0.3) is 0 Å². The lowest BCUT2D eigenvalue weighted by Crippen LogP contribution is -2.51. The van der Waals surface area contributed by atoms with Crippen LogP contribution in [0.3, 0.4) is 0 Å². The molecule has 3 fully saturated rings. The zero-order valence-electron chi connectivity index (χ0n) is 15.5. The Kier molecular flexibility index (Phi) is 3.87. The number of aliphatic hydroxyl groups excluding tert-OH is 1. The zero-order chi connectivity index (χ0) is 17.1. The largest absolute Gasteiger partial charge is 0.411 e. The molecule has 3 nitrogen and oxygen atoms in total. The molecule has 3 saturated carbocycles. The van der Waals surface area contributed by atoms with Gasteiger partial charge in [-0.1, -0.05) is 24.6 Å². The predicted molar refractivity (Wildman–Crippen MR) is 96.1 cm³/mol. The van der Waals surface area contributed by atoms with Crippen molar-refractivity contribution < 1.29 is 10.3 Å². The number of hydrogen-bond acceptors (Lipinski definition) is 3. The number of hydrogen-bond donors (Lipinski definition) is 2. The van der Waals surface area contributed by atoms with Gasteiger partial charge in [0.2, 0.25) is 0 Å². The molecule has 4 aliphatic rings. The van der Waals surface area contributed by atoms with Crippen molar-refractivity contribution in [2.24, 2.45) is 39.7 Å². The Hall–Kier alpha value is -0.830. The van der Waals surface area contributed by atoms with E-state index in [1.807, 2.05) is 6.92 Å². The molecule has 3 heteroatoms. The lowest BCUT2D eigenvalue weighted by Gasteiger charge is -2.58. The van der Waals surface area contributed by atoms with Crippen LogP contribution in [-0.2, 0) is 0 Å². The van der Waals surface area contributed by atoms with E-state index in [2.05, 4.69) is 25.1 Å². The number of aliphatic hydroxyl groups is 1. The minimum Gasteiger partial charge on any atom is -0.411 e. The van der Waals surface area contributed by atoms with E-state index in [1.165, 1.54) is 44.1 Å². The lowest BCUT2D eigenvalue weighted by molar-refractivity contribution is -0.0682. The highest BCUT2D eigenvalue weighted by Crippen LogP contribution is 2.66. The van der Waals surface area contributed by atoms with E-state index in [1.54, 1.807) is 0 Å². The van der Waals surface area contributed by atoms with Crippen molar-refractivity contribution in [3.8, 4) is 0 Å². The van der Waals surface area contributed by atoms with Gasteiger partial charge in [-0.25, -0.2) is 0 Å². The molecule has 0 heterocycles. The van der Waals surface area contributed by atoms with Gasteiger partial charge in [0.1, 0.15) is 0 Å². The van der Waals surface area contributed by atoms with E-state index < -0.39 is 0 Å². The first-order valence-corrected chi connectivity index (χ1v) is 10.00. The highest BCUT2D eigenvalue weighted by Gasteiger charge is 2.59. The first-order chi connectivity index (χ1) is 11.4. The van der Waals surface area contributed by atoms with Gasteiger partial charge in [-0.3, -0.25) is 0 Å². The van der Waals surface area contributed by atoms with Crippen LogP contribution in [0.15, 0.2) is 16.8 Å². The van der Waals surface area contributed by atoms with Crippen molar-refractivity contribution in [3.63, 3.8) is 0 Å². The summed E-state index contributed by atoms with van der Waals surface area (Å²) in [5.74, 6) is 2.89. The summed E-state index contributed by atoms with van der Waals surface area (Å²) in [4.78, 5) is 0. The summed E-state index contributed by atoms with van der Waals surface area (Å²) in [6.07, 6.45) is 11.7. The minimum absolute atomic E-state index is 0.163. The highest BCUT2D eigenvalue weighted by molar-refractivity contribution is 5.96. The third-order valence-corrected chi connectivity index (χ3v) is 8.76. The molecule has 0 radical (unpaired) electrons. The molecule has 24 heavy (non-hydrogen) atoms. The van der Waals surface area contributed by atoms with E-state index >= 15 is 0 Å². The average molecular weight is 332 g/mol. The Balaban J connectivity index is 1.65. The molecule has 0 saturated heterocycles. The average Bonchev–Trinajstić information content (AvgIpc) is 2.91. The summed E-state index contributed by atoms with van der Waals surface area (Å²) in [5.41, 5.74) is 3.06. The van der Waals surface area contributed by atoms with Crippen LogP contribution in [0.5, 0.6) is 0 Å². The molecule has 0 spiro atoms. The number of allylic oxidation sites excluding steroid dienone is 2. The number of oxime groups is 1. The standard InChI is InChI=1S/C21H33NO2/c1-13(23)17-6-7-18-16-5-4-14-12-15(22-24)8-10-20(14,2)19(16)9-11-21(17,18)3/h12-13,16-19,23-24H,4-11H2,1-3H3. The minimum atomic E-state index is -0.163. The molecule has 0 aromatic rings. The van der Waals surface area contributed by atoms with Crippen LogP contribution in [0.25, 0.3) is 0 Å². The maximum absolute atomic E-state index is 10.3. The summed E-state index contributed by atoms with van der Waals surface area (Å²) in [7, 11) is 0. The van der Waals surface area contributed by atoms with Crippen LogP contribution >= 0.6 is 0 Å². The fourth-order valence-electron chi connectivity index (χ4n) is 7.48. The molecule has 0 aromatic carbocycles. The van der Waals surface area contributed by atoms with Crippen molar-refractivity contribution in [1.29, 1.82) is 0 Å². The Morgan fingerprint density at radius 1 is 1.08 bits per heavy atom. The molecular formula is C21H33NO2. The fourth-order valence-corrected chi connectivity index (χ4v) is 7.48. The van der Waals surface area contributed by atoms with Crippen molar-refractivity contribution in [2.75, 3.05) is 0 Å². The molecule has 0 amide bonds. The van der Waals surface area contributed by atoms with E-state index in [-0.39, 0.29) is 6.10 Å². The number of nitrogens with zero attached hydrogens (tertiary/aromatic N) is 1. The number of rotatable bonds is 1. The first kappa shape index (κ1) is 16.6. The van der Waals surface area contributed by atoms with Crippen LogP contribution in [0.2, 0.25) is 0 Å². The van der Waals surface area contributed by atoms with Crippen molar-refractivity contribution in [1.82, 2.24) is 0 Å². The third kappa shape index (κ3) is 2.16. The SMILES string of the molecule is CC(O)C1CCC2C3CCC4=CC(=NO)CCC4(C)C3CCC12C. The predicted octanol–water partition coefficient (Wildman–Crippen LogP) is 4.78. The van der Waals surface area contributed by atoms with Gasteiger partial charge in [-0.05, 0) is 98.9 Å². The van der Waals surface area contributed by atoms with Crippen molar-refractivity contribution in [2.45, 2.75) is 78.2 Å². The third-order valence-electron chi connectivity index (χ3n) is 8.76. The van der Waals surface area contributed by atoms with E-state index in [0.29, 0.717) is 16.7 Å². The zero-order valence-corrected chi connectivity index (χ0v) is 15.5. The smallest absolute Gasteiger partial charge is 0.0795 e. The lowest BCUT2D eigenvalue weighted by atomic mass is 9.46. The second-order valence-corrected chi connectivity index (χ2v) is 9.56.